The van der Waals surface area contributed by atoms with Crippen LogP contribution in [-0.4, -0.2) is 40.1 Å². The van der Waals surface area contributed by atoms with Gasteiger partial charge in [0.1, 0.15) is 0 Å². The van der Waals surface area contributed by atoms with Crippen molar-refractivity contribution in [3.8, 4) is 0 Å². The highest BCUT2D eigenvalue weighted by Crippen LogP contribution is 2.12. The molecule has 0 aromatic heterocycles. The van der Waals surface area contributed by atoms with E-state index in [1.165, 1.54) is 0 Å². The third kappa shape index (κ3) is 6.43. The van der Waals surface area contributed by atoms with E-state index in [0.717, 1.165) is 0 Å². The minimum atomic E-state index is -3.21. The Morgan fingerprint density at radius 3 is 1.25 bits per heavy atom. The van der Waals surface area contributed by atoms with Crippen molar-refractivity contribution in [3.63, 3.8) is 0 Å². The van der Waals surface area contributed by atoms with Gasteiger partial charge in [0.15, 0.2) is 19.7 Å². The molecule has 1 aromatic rings. The molecule has 0 saturated heterocycles. The van der Waals surface area contributed by atoms with Crippen LogP contribution in [-0.2, 0) is 31.2 Å². The molecule has 0 aliphatic rings. The first-order valence-corrected chi connectivity index (χ1v) is 10.6. The Kier molecular flexibility index (Phi) is 6.78. The van der Waals surface area contributed by atoms with Crippen LogP contribution >= 0.6 is 23.2 Å². The van der Waals surface area contributed by atoms with Gasteiger partial charge in [-0.05, 0) is 11.1 Å². The lowest BCUT2D eigenvalue weighted by atomic mass is 10.2. The summed E-state index contributed by atoms with van der Waals surface area (Å²) in [4.78, 5) is 0. The van der Waals surface area contributed by atoms with Crippen molar-refractivity contribution < 1.29 is 16.8 Å². The van der Waals surface area contributed by atoms with Crippen LogP contribution in [0.25, 0.3) is 0 Å². The highest BCUT2D eigenvalue weighted by molar-refractivity contribution is 7.90. The summed E-state index contributed by atoms with van der Waals surface area (Å²) < 4.78 is 46.4. The normalized spacial score (nSPS) is 12.5. The zero-order valence-corrected chi connectivity index (χ0v) is 13.9. The summed E-state index contributed by atoms with van der Waals surface area (Å²) >= 11 is 10.8. The first-order valence-electron chi connectivity index (χ1n) is 5.88. The molecule has 0 amide bonds. The third-order valence-electron chi connectivity index (χ3n) is 2.57. The third-order valence-corrected chi connectivity index (χ3v) is 6.60. The summed E-state index contributed by atoms with van der Waals surface area (Å²) in [6, 6.07) is 6.49. The SMILES string of the molecule is O=S(=O)(CCCl)Cc1ccc(CS(=O)(=O)CCCl)cc1. The molecule has 0 saturated carbocycles. The van der Waals surface area contributed by atoms with Gasteiger partial charge < -0.3 is 0 Å². The summed E-state index contributed by atoms with van der Waals surface area (Å²) in [6.45, 7) is 0. The first-order chi connectivity index (χ1) is 9.28. The molecule has 0 spiro atoms. The molecule has 8 heteroatoms. The largest absolute Gasteiger partial charge is 0.228 e. The van der Waals surface area contributed by atoms with Crippen molar-refractivity contribution in [2.24, 2.45) is 0 Å². The molecule has 0 unspecified atom stereocenters. The number of rotatable bonds is 8. The Balaban J connectivity index is 2.75. The van der Waals surface area contributed by atoms with Gasteiger partial charge in [0, 0.05) is 11.8 Å². The lowest BCUT2D eigenvalue weighted by molar-refractivity contribution is 0.594. The van der Waals surface area contributed by atoms with Crippen LogP contribution < -0.4 is 0 Å². The van der Waals surface area contributed by atoms with Crippen LogP contribution in [0.15, 0.2) is 24.3 Å². The molecule has 0 radical (unpaired) electrons. The van der Waals surface area contributed by atoms with Gasteiger partial charge in [0.2, 0.25) is 0 Å². The quantitative estimate of drug-likeness (QED) is 0.666. The number of benzene rings is 1. The Hall–Kier alpha value is -0.300. The molecule has 0 fully saturated rings. The fourth-order valence-electron chi connectivity index (χ4n) is 1.62. The topological polar surface area (TPSA) is 68.3 Å². The Morgan fingerprint density at radius 2 is 1.00 bits per heavy atom. The van der Waals surface area contributed by atoms with Crippen LogP contribution in [0.4, 0.5) is 0 Å². The standard InChI is InChI=1S/C12H16Cl2O4S2/c13-5-7-19(15,16)9-11-1-2-12(4-3-11)10-20(17,18)8-6-14/h1-4H,5-10H2. The average molecular weight is 359 g/mol. The van der Waals surface area contributed by atoms with Gasteiger partial charge in [-0.25, -0.2) is 16.8 Å². The molecule has 1 aromatic carbocycles. The maximum absolute atomic E-state index is 11.6. The second-order valence-corrected chi connectivity index (χ2v) is 9.50. The van der Waals surface area contributed by atoms with E-state index in [4.69, 9.17) is 23.2 Å². The van der Waals surface area contributed by atoms with E-state index in [9.17, 15) is 16.8 Å². The van der Waals surface area contributed by atoms with Crippen LogP contribution in [0, 0.1) is 0 Å². The van der Waals surface area contributed by atoms with Crippen molar-refractivity contribution in [1.29, 1.82) is 0 Å². The maximum atomic E-state index is 11.6. The number of alkyl halides is 2. The summed E-state index contributed by atoms with van der Waals surface area (Å²) in [5.74, 6) is -0.183. The fourth-order valence-corrected chi connectivity index (χ4v) is 5.19. The van der Waals surface area contributed by atoms with Crippen molar-refractivity contribution in [1.82, 2.24) is 0 Å². The van der Waals surface area contributed by atoms with Gasteiger partial charge in [-0.3, -0.25) is 0 Å². The summed E-state index contributed by atoms with van der Waals surface area (Å²) in [6.07, 6.45) is 0. The molecule has 20 heavy (non-hydrogen) atoms. The summed E-state index contributed by atoms with van der Waals surface area (Å²) in [5.41, 5.74) is 1.24. The van der Waals surface area contributed by atoms with Crippen LogP contribution in [0.5, 0.6) is 0 Å². The predicted octanol–water partition coefficient (Wildman–Crippen LogP) is 1.99. The summed E-state index contributed by atoms with van der Waals surface area (Å²) in [7, 11) is -6.42. The monoisotopic (exact) mass is 358 g/mol. The molecule has 0 aliphatic carbocycles. The van der Waals surface area contributed by atoms with E-state index >= 15 is 0 Å². The summed E-state index contributed by atoms with van der Waals surface area (Å²) in [5, 5.41) is 0. The molecular formula is C12H16Cl2O4S2. The van der Waals surface area contributed by atoms with E-state index in [0.29, 0.717) is 11.1 Å². The smallest absolute Gasteiger partial charge is 0.155 e. The number of hydrogen-bond acceptors (Lipinski definition) is 4. The van der Waals surface area contributed by atoms with Crippen molar-refractivity contribution in [2.75, 3.05) is 23.3 Å². The van der Waals surface area contributed by atoms with Gasteiger partial charge in [-0.1, -0.05) is 24.3 Å². The zero-order valence-electron chi connectivity index (χ0n) is 10.8. The van der Waals surface area contributed by atoms with E-state index in [2.05, 4.69) is 0 Å². The van der Waals surface area contributed by atoms with Gasteiger partial charge in [-0.2, -0.15) is 0 Å². The number of sulfone groups is 2. The van der Waals surface area contributed by atoms with Crippen LogP contribution in [0.1, 0.15) is 11.1 Å². The zero-order chi connectivity index (χ0) is 15.2. The number of hydrogen-bond donors (Lipinski definition) is 0. The molecule has 1 rings (SSSR count). The van der Waals surface area contributed by atoms with E-state index < -0.39 is 19.7 Å². The second-order valence-electron chi connectivity index (χ2n) is 4.38. The second kappa shape index (κ2) is 7.64. The van der Waals surface area contributed by atoms with E-state index in [1.807, 2.05) is 0 Å². The van der Waals surface area contributed by atoms with Crippen LogP contribution in [0.2, 0.25) is 0 Å². The molecule has 0 aliphatic heterocycles. The molecule has 4 nitrogen and oxygen atoms in total. The van der Waals surface area contributed by atoms with Crippen molar-refractivity contribution in [2.45, 2.75) is 11.5 Å². The van der Waals surface area contributed by atoms with Crippen LogP contribution in [0.3, 0.4) is 0 Å². The first kappa shape index (κ1) is 17.8. The average Bonchev–Trinajstić information content (AvgIpc) is 2.30. The molecule has 0 atom stereocenters. The van der Waals surface area contributed by atoms with Crippen molar-refractivity contribution >= 4 is 42.9 Å². The molecular weight excluding hydrogens is 343 g/mol. The highest BCUT2D eigenvalue weighted by atomic mass is 35.5. The molecule has 0 bridgehead atoms. The minimum absolute atomic E-state index is 0.0666. The lowest BCUT2D eigenvalue weighted by Crippen LogP contribution is -2.11. The van der Waals surface area contributed by atoms with Gasteiger partial charge >= 0.3 is 0 Å². The van der Waals surface area contributed by atoms with E-state index in [1.54, 1.807) is 24.3 Å². The van der Waals surface area contributed by atoms with E-state index in [-0.39, 0.29) is 34.8 Å². The lowest BCUT2D eigenvalue weighted by Gasteiger charge is -2.05. The Labute approximate surface area is 129 Å². The number of halogens is 2. The Bertz CT molecular complexity index is 565. The molecule has 0 N–H and O–H groups in total. The van der Waals surface area contributed by atoms with Gasteiger partial charge in [-0.15, -0.1) is 23.2 Å². The minimum Gasteiger partial charge on any atom is -0.228 e. The molecule has 0 heterocycles. The fraction of sp³-hybridized carbons (Fsp3) is 0.500. The highest BCUT2D eigenvalue weighted by Gasteiger charge is 2.13. The van der Waals surface area contributed by atoms with Gasteiger partial charge in [0.25, 0.3) is 0 Å². The van der Waals surface area contributed by atoms with Gasteiger partial charge in [0.05, 0.1) is 23.0 Å². The van der Waals surface area contributed by atoms with Crippen molar-refractivity contribution in [3.05, 3.63) is 35.4 Å². The maximum Gasteiger partial charge on any atom is 0.155 e. The molecule has 114 valence electrons. The predicted molar refractivity (Wildman–Crippen MR) is 82.9 cm³/mol. The Morgan fingerprint density at radius 1 is 0.700 bits per heavy atom.